The molecule has 1 N–H and O–H groups in total. The molecule has 196 valence electrons. The number of aryl methyl sites for hydroxylation is 2. The lowest BCUT2D eigenvalue weighted by atomic mass is 10.1. The molecule has 1 atom stereocenters. The standard InChI is InChI=1S/C27H31N9OS/c1-5-38-19-10-28-20(29-11-19)12-30-25-27(37)36(16(4)17-6-7-17)26-22(34-25)15(3)33-24(35-26)21-14(2)31-13-32-23(21)18-8-9-18/h10-11,13,16-18H,5-9,12H2,1-4H3,(H,30,34). The molecule has 0 spiro atoms. The Bertz CT molecular complexity index is 1560. The largest absolute Gasteiger partial charge is 0.358 e. The summed E-state index contributed by atoms with van der Waals surface area (Å²) in [6, 6.07) is -0.00618. The van der Waals surface area contributed by atoms with Crippen LogP contribution in [0.5, 0.6) is 0 Å². The number of thioether (sulfide) groups is 1. The van der Waals surface area contributed by atoms with Gasteiger partial charge in [0.25, 0.3) is 5.56 Å². The average molecular weight is 530 g/mol. The van der Waals surface area contributed by atoms with Crippen LogP contribution in [0.1, 0.15) is 74.4 Å². The molecule has 11 heteroatoms. The van der Waals surface area contributed by atoms with Crippen molar-refractivity contribution in [1.29, 1.82) is 0 Å². The quantitative estimate of drug-likeness (QED) is 0.307. The van der Waals surface area contributed by atoms with Gasteiger partial charge in [-0.05, 0) is 58.1 Å². The van der Waals surface area contributed by atoms with Crippen LogP contribution < -0.4 is 10.9 Å². The molecule has 0 aliphatic heterocycles. The predicted molar refractivity (Wildman–Crippen MR) is 147 cm³/mol. The number of nitrogens with one attached hydrogen (secondary N) is 1. The number of hydrogen-bond acceptors (Lipinski definition) is 10. The molecular weight excluding hydrogens is 498 g/mol. The highest BCUT2D eigenvalue weighted by Crippen LogP contribution is 2.44. The topological polar surface area (TPSA) is 124 Å². The van der Waals surface area contributed by atoms with Gasteiger partial charge in [0, 0.05) is 29.2 Å². The van der Waals surface area contributed by atoms with Crippen LogP contribution in [0.25, 0.3) is 22.6 Å². The van der Waals surface area contributed by atoms with Gasteiger partial charge in [0.1, 0.15) is 17.7 Å². The van der Waals surface area contributed by atoms with E-state index in [-0.39, 0.29) is 17.4 Å². The van der Waals surface area contributed by atoms with Crippen molar-refractivity contribution in [2.24, 2.45) is 5.92 Å². The van der Waals surface area contributed by atoms with Crippen LogP contribution in [0.4, 0.5) is 5.82 Å². The maximum atomic E-state index is 13.8. The number of fused-ring (bicyclic) bond motifs is 1. The van der Waals surface area contributed by atoms with Crippen LogP contribution in [0.2, 0.25) is 0 Å². The minimum Gasteiger partial charge on any atom is -0.358 e. The van der Waals surface area contributed by atoms with E-state index >= 15 is 0 Å². The van der Waals surface area contributed by atoms with Crippen molar-refractivity contribution in [2.75, 3.05) is 11.1 Å². The van der Waals surface area contributed by atoms with E-state index in [9.17, 15) is 4.79 Å². The summed E-state index contributed by atoms with van der Waals surface area (Å²) in [4.78, 5) is 47.3. The molecule has 4 aromatic heterocycles. The third-order valence-electron chi connectivity index (χ3n) is 7.28. The van der Waals surface area contributed by atoms with Crippen molar-refractivity contribution < 1.29 is 0 Å². The predicted octanol–water partition coefficient (Wildman–Crippen LogP) is 4.62. The highest BCUT2D eigenvalue weighted by molar-refractivity contribution is 7.99. The lowest BCUT2D eigenvalue weighted by molar-refractivity contribution is 0.482. The minimum absolute atomic E-state index is 0.00618. The van der Waals surface area contributed by atoms with E-state index in [4.69, 9.17) is 15.0 Å². The highest BCUT2D eigenvalue weighted by Gasteiger charge is 2.33. The van der Waals surface area contributed by atoms with Gasteiger partial charge in [-0.1, -0.05) is 6.92 Å². The van der Waals surface area contributed by atoms with E-state index in [2.05, 4.69) is 39.1 Å². The Labute approximate surface area is 225 Å². The second-order valence-electron chi connectivity index (χ2n) is 10.1. The third-order valence-corrected chi connectivity index (χ3v) is 8.12. The number of aromatic nitrogens is 8. The molecule has 2 saturated carbocycles. The Morgan fingerprint density at radius 1 is 1.03 bits per heavy atom. The first kappa shape index (κ1) is 24.8. The van der Waals surface area contributed by atoms with E-state index < -0.39 is 0 Å². The first-order valence-electron chi connectivity index (χ1n) is 13.2. The van der Waals surface area contributed by atoms with E-state index in [1.165, 1.54) is 0 Å². The van der Waals surface area contributed by atoms with Crippen LogP contribution in [0.3, 0.4) is 0 Å². The molecule has 2 fully saturated rings. The fraction of sp³-hybridized carbons (Fsp3) is 0.481. The number of hydrogen-bond donors (Lipinski definition) is 1. The molecule has 4 heterocycles. The van der Waals surface area contributed by atoms with Gasteiger partial charge >= 0.3 is 0 Å². The average Bonchev–Trinajstić information content (AvgIpc) is 3.82. The highest BCUT2D eigenvalue weighted by atomic mass is 32.2. The Morgan fingerprint density at radius 2 is 1.79 bits per heavy atom. The van der Waals surface area contributed by atoms with Crippen LogP contribution in [-0.2, 0) is 6.54 Å². The first-order chi connectivity index (χ1) is 18.4. The number of anilines is 1. The summed E-state index contributed by atoms with van der Waals surface area (Å²) in [5.74, 6) is 3.25. The van der Waals surface area contributed by atoms with Crippen molar-refractivity contribution in [3.05, 3.63) is 52.0 Å². The van der Waals surface area contributed by atoms with Crippen LogP contribution in [0, 0.1) is 19.8 Å². The zero-order chi connectivity index (χ0) is 26.4. The molecule has 0 bridgehead atoms. The first-order valence-corrected chi connectivity index (χ1v) is 14.2. The van der Waals surface area contributed by atoms with Crippen molar-refractivity contribution >= 4 is 28.7 Å². The van der Waals surface area contributed by atoms with Gasteiger partial charge in [-0.25, -0.2) is 34.9 Å². The Kier molecular flexibility index (Phi) is 6.55. The SMILES string of the molecule is CCSc1cnc(CNc2nc3c(C)nc(-c4c(C)ncnc4C4CC4)nc3n(C(C)C3CC3)c2=O)nc1. The third kappa shape index (κ3) is 4.75. The fourth-order valence-electron chi connectivity index (χ4n) is 4.89. The van der Waals surface area contributed by atoms with Gasteiger partial charge in [-0.3, -0.25) is 9.36 Å². The minimum atomic E-state index is -0.192. The fourth-order valence-corrected chi connectivity index (χ4v) is 5.48. The van der Waals surface area contributed by atoms with Crippen LogP contribution in [0.15, 0.2) is 28.4 Å². The Morgan fingerprint density at radius 3 is 2.47 bits per heavy atom. The summed E-state index contributed by atoms with van der Waals surface area (Å²) in [6.07, 6.45) is 9.66. The van der Waals surface area contributed by atoms with E-state index in [0.717, 1.165) is 53.3 Å². The second-order valence-corrected chi connectivity index (χ2v) is 11.5. The Balaban J connectivity index is 1.44. The molecule has 0 radical (unpaired) electrons. The van der Waals surface area contributed by atoms with E-state index in [1.807, 2.05) is 26.2 Å². The molecule has 38 heavy (non-hydrogen) atoms. The van der Waals surface area contributed by atoms with Gasteiger partial charge in [-0.2, -0.15) is 0 Å². The normalized spacial score (nSPS) is 16.1. The summed E-state index contributed by atoms with van der Waals surface area (Å²) in [5.41, 5.74) is 4.41. The molecule has 0 amide bonds. The number of rotatable bonds is 9. The van der Waals surface area contributed by atoms with Crippen molar-refractivity contribution in [3.8, 4) is 11.4 Å². The second kappa shape index (κ2) is 10.0. The molecule has 6 rings (SSSR count). The van der Waals surface area contributed by atoms with Gasteiger partial charge < -0.3 is 5.32 Å². The molecule has 0 aromatic carbocycles. The van der Waals surface area contributed by atoms with Gasteiger partial charge in [0.05, 0.1) is 29.2 Å². The zero-order valence-corrected chi connectivity index (χ0v) is 22.9. The molecule has 0 saturated heterocycles. The summed E-state index contributed by atoms with van der Waals surface area (Å²) in [7, 11) is 0. The maximum Gasteiger partial charge on any atom is 0.295 e. The molecule has 4 aromatic rings. The lowest BCUT2D eigenvalue weighted by Gasteiger charge is -2.20. The van der Waals surface area contributed by atoms with Crippen molar-refractivity contribution in [1.82, 2.24) is 39.5 Å². The van der Waals surface area contributed by atoms with Crippen molar-refractivity contribution in [3.63, 3.8) is 0 Å². The molecule has 2 aliphatic carbocycles. The van der Waals surface area contributed by atoms with Crippen LogP contribution >= 0.6 is 11.8 Å². The maximum absolute atomic E-state index is 13.8. The lowest BCUT2D eigenvalue weighted by Crippen LogP contribution is -2.30. The van der Waals surface area contributed by atoms with Crippen molar-refractivity contribution in [2.45, 2.75) is 76.8 Å². The molecular formula is C27H31N9OS. The Hall–Kier alpha value is -3.47. The summed E-state index contributed by atoms with van der Waals surface area (Å²) < 4.78 is 1.80. The van der Waals surface area contributed by atoms with Gasteiger partial charge in [-0.15, -0.1) is 11.8 Å². The zero-order valence-electron chi connectivity index (χ0n) is 22.1. The number of nitrogens with zero attached hydrogens (tertiary/aromatic N) is 8. The summed E-state index contributed by atoms with van der Waals surface area (Å²) in [6.45, 7) is 8.37. The molecule has 2 aliphatic rings. The molecule has 1 unspecified atom stereocenters. The van der Waals surface area contributed by atoms with E-state index in [1.54, 1.807) is 22.7 Å². The van der Waals surface area contributed by atoms with Crippen LogP contribution in [-0.4, -0.2) is 45.2 Å². The summed E-state index contributed by atoms with van der Waals surface area (Å²) in [5, 5.41) is 3.19. The van der Waals surface area contributed by atoms with Gasteiger partial charge in [0.2, 0.25) is 0 Å². The summed E-state index contributed by atoms with van der Waals surface area (Å²) >= 11 is 1.69. The van der Waals surface area contributed by atoms with Gasteiger partial charge in [0.15, 0.2) is 17.3 Å². The smallest absolute Gasteiger partial charge is 0.295 e. The molecule has 10 nitrogen and oxygen atoms in total. The monoisotopic (exact) mass is 529 g/mol. The van der Waals surface area contributed by atoms with E-state index in [0.29, 0.717) is 46.9 Å².